The molecule has 30 heavy (non-hydrogen) atoms. The summed E-state index contributed by atoms with van der Waals surface area (Å²) in [5.74, 6) is 1.40. The quantitative estimate of drug-likeness (QED) is 0.562. The summed E-state index contributed by atoms with van der Waals surface area (Å²) >= 11 is 0. The van der Waals surface area contributed by atoms with Crippen molar-refractivity contribution in [1.82, 2.24) is 5.16 Å². The predicted octanol–water partition coefficient (Wildman–Crippen LogP) is 3.20. The minimum Gasteiger partial charge on any atom is -0.497 e. The molecule has 9 nitrogen and oxygen atoms in total. The van der Waals surface area contributed by atoms with Crippen molar-refractivity contribution in [1.29, 1.82) is 0 Å². The van der Waals surface area contributed by atoms with E-state index in [0.717, 1.165) is 0 Å². The van der Waals surface area contributed by atoms with Crippen LogP contribution < -0.4 is 19.5 Å². The van der Waals surface area contributed by atoms with E-state index in [1.165, 1.54) is 30.3 Å². The normalized spacial score (nSPS) is 12.1. The molecule has 2 N–H and O–H groups in total. The van der Waals surface area contributed by atoms with Crippen LogP contribution in [0.2, 0.25) is 0 Å². The number of methoxy groups -OCH3 is 1. The Morgan fingerprint density at radius 2 is 1.70 bits per heavy atom. The zero-order valence-corrected chi connectivity index (χ0v) is 17.4. The number of ether oxygens (including phenoxy) is 2. The topological polar surface area (TPSA) is 120 Å². The second-order valence-corrected chi connectivity index (χ2v) is 8.06. The van der Waals surface area contributed by atoms with Crippen molar-refractivity contribution < 1.29 is 27.2 Å². The molecule has 0 aliphatic carbocycles. The van der Waals surface area contributed by atoms with Gasteiger partial charge in [-0.3, -0.25) is 9.52 Å². The molecule has 0 fully saturated rings. The van der Waals surface area contributed by atoms with Crippen LogP contribution in [-0.4, -0.2) is 32.7 Å². The third kappa shape index (κ3) is 5.29. The average molecular weight is 431 g/mol. The first kappa shape index (κ1) is 21.2. The number of benzene rings is 2. The Kier molecular flexibility index (Phi) is 6.26. The van der Waals surface area contributed by atoms with Crippen molar-refractivity contribution in [3.05, 3.63) is 60.4 Å². The van der Waals surface area contributed by atoms with E-state index in [0.29, 0.717) is 22.9 Å². The second-order valence-electron chi connectivity index (χ2n) is 6.38. The first-order chi connectivity index (χ1) is 14.3. The fraction of sp³-hybridized carbons (Fsp3) is 0.200. The van der Waals surface area contributed by atoms with Gasteiger partial charge in [-0.25, -0.2) is 8.42 Å². The molecule has 0 aliphatic rings. The van der Waals surface area contributed by atoms with Crippen molar-refractivity contribution in [3.8, 4) is 11.5 Å². The Hall–Kier alpha value is -3.53. The number of hydrogen-bond donors (Lipinski definition) is 2. The molecule has 1 aromatic heterocycles. The minimum atomic E-state index is -3.83. The smallest absolute Gasteiger partial charge is 0.265 e. The van der Waals surface area contributed by atoms with Gasteiger partial charge in [0.05, 0.1) is 12.0 Å². The van der Waals surface area contributed by atoms with Gasteiger partial charge in [0, 0.05) is 11.8 Å². The standard InChI is InChI=1S/C20H21N3O6S/c1-13-12-19(22-29-13)23-30(25,26)18-10-4-15(5-11-18)21-20(24)14(2)28-17-8-6-16(27-3)7-9-17/h4-12,14H,1-3H3,(H,21,24)(H,22,23). The van der Waals surface area contributed by atoms with Crippen LogP contribution in [0.3, 0.4) is 0 Å². The Bertz CT molecular complexity index is 1110. The predicted molar refractivity (Wildman–Crippen MR) is 110 cm³/mol. The summed E-state index contributed by atoms with van der Waals surface area (Å²) in [5.41, 5.74) is 0.432. The van der Waals surface area contributed by atoms with E-state index < -0.39 is 16.1 Å². The number of sulfonamides is 1. The number of nitrogens with one attached hydrogen (secondary N) is 2. The molecule has 0 spiro atoms. The van der Waals surface area contributed by atoms with Gasteiger partial charge in [0.25, 0.3) is 15.9 Å². The third-order valence-electron chi connectivity index (χ3n) is 4.04. The minimum absolute atomic E-state index is 0.0173. The molecule has 2 aromatic carbocycles. The lowest BCUT2D eigenvalue weighted by Gasteiger charge is -2.15. The van der Waals surface area contributed by atoms with Gasteiger partial charge in [0.15, 0.2) is 11.9 Å². The number of anilines is 2. The Morgan fingerprint density at radius 1 is 1.07 bits per heavy atom. The molecule has 10 heteroatoms. The monoisotopic (exact) mass is 431 g/mol. The van der Waals surface area contributed by atoms with Gasteiger partial charge < -0.3 is 19.3 Å². The summed E-state index contributed by atoms with van der Waals surface area (Å²) in [6.45, 7) is 3.27. The summed E-state index contributed by atoms with van der Waals surface area (Å²) in [7, 11) is -2.26. The number of rotatable bonds is 8. The van der Waals surface area contributed by atoms with Crippen molar-refractivity contribution in [3.63, 3.8) is 0 Å². The molecule has 1 amide bonds. The average Bonchev–Trinajstić information content (AvgIpc) is 3.12. The highest BCUT2D eigenvalue weighted by atomic mass is 32.2. The van der Waals surface area contributed by atoms with E-state index in [4.69, 9.17) is 14.0 Å². The van der Waals surface area contributed by atoms with E-state index >= 15 is 0 Å². The molecule has 1 atom stereocenters. The van der Waals surface area contributed by atoms with Crippen molar-refractivity contribution in [2.75, 3.05) is 17.1 Å². The van der Waals surface area contributed by atoms with Crippen molar-refractivity contribution >= 4 is 27.4 Å². The van der Waals surface area contributed by atoms with Gasteiger partial charge in [0.2, 0.25) is 0 Å². The van der Waals surface area contributed by atoms with Crippen LogP contribution in [0.5, 0.6) is 11.5 Å². The van der Waals surface area contributed by atoms with E-state index in [-0.39, 0.29) is 16.6 Å². The Morgan fingerprint density at radius 3 is 2.27 bits per heavy atom. The summed E-state index contributed by atoms with van der Waals surface area (Å²) in [5, 5.41) is 6.29. The van der Waals surface area contributed by atoms with E-state index in [9.17, 15) is 13.2 Å². The zero-order valence-electron chi connectivity index (χ0n) is 16.6. The van der Waals surface area contributed by atoms with Crippen molar-refractivity contribution in [2.45, 2.75) is 24.8 Å². The van der Waals surface area contributed by atoms with Crippen molar-refractivity contribution in [2.24, 2.45) is 0 Å². The fourth-order valence-electron chi connectivity index (χ4n) is 2.48. The maximum Gasteiger partial charge on any atom is 0.265 e. The first-order valence-electron chi connectivity index (χ1n) is 8.94. The maximum atomic E-state index is 12.4. The van der Waals surface area contributed by atoms with Crippen LogP contribution in [0.1, 0.15) is 12.7 Å². The number of carbonyl (C=O) groups is 1. The largest absolute Gasteiger partial charge is 0.497 e. The van der Waals surface area contributed by atoms with Crippen LogP contribution in [0.25, 0.3) is 0 Å². The van der Waals surface area contributed by atoms with Crippen LogP contribution in [-0.2, 0) is 14.8 Å². The van der Waals surface area contributed by atoms with Crippen LogP contribution in [0.4, 0.5) is 11.5 Å². The molecule has 0 saturated heterocycles. The lowest BCUT2D eigenvalue weighted by atomic mass is 10.3. The lowest BCUT2D eigenvalue weighted by Crippen LogP contribution is -2.30. The molecule has 0 radical (unpaired) electrons. The molecule has 3 aromatic rings. The number of aromatic nitrogens is 1. The number of aryl methyl sites for hydroxylation is 1. The highest BCUT2D eigenvalue weighted by molar-refractivity contribution is 7.92. The Labute approximate surface area is 174 Å². The van der Waals surface area contributed by atoms with Crippen LogP contribution in [0.15, 0.2) is 64.0 Å². The summed E-state index contributed by atoms with van der Waals surface area (Å²) < 4.78 is 42.6. The third-order valence-corrected chi connectivity index (χ3v) is 5.41. The molecular weight excluding hydrogens is 410 g/mol. The molecule has 0 saturated carbocycles. The number of amides is 1. The highest BCUT2D eigenvalue weighted by Gasteiger charge is 2.18. The second kappa shape index (κ2) is 8.87. The molecule has 0 aliphatic heterocycles. The van der Waals surface area contributed by atoms with Gasteiger partial charge in [-0.05, 0) is 62.4 Å². The summed E-state index contributed by atoms with van der Waals surface area (Å²) in [6.07, 6.45) is -0.765. The molecule has 1 heterocycles. The molecule has 3 rings (SSSR count). The first-order valence-corrected chi connectivity index (χ1v) is 10.4. The van der Waals surface area contributed by atoms with Crippen LogP contribution >= 0.6 is 0 Å². The molecule has 1 unspecified atom stereocenters. The number of nitrogens with zero attached hydrogens (tertiary/aromatic N) is 1. The lowest BCUT2D eigenvalue weighted by molar-refractivity contribution is -0.122. The van der Waals surface area contributed by atoms with E-state index in [1.54, 1.807) is 45.2 Å². The van der Waals surface area contributed by atoms with Gasteiger partial charge in [-0.2, -0.15) is 0 Å². The van der Waals surface area contributed by atoms with Gasteiger partial charge in [0.1, 0.15) is 17.3 Å². The maximum absolute atomic E-state index is 12.4. The SMILES string of the molecule is COc1ccc(OC(C)C(=O)Nc2ccc(S(=O)(=O)Nc3cc(C)on3)cc2)cc1. The highest BCUT2D eigenvalue weighted by Crippen LogP contribution is 2.20. The van der Waals surface area contributed by atoms with Gasteiger partial charge >= 0.3 is 0 Å². The van der Waals surface area contributed by atoms with E-state index in [2.05, 4.69) is 15.2 Å². The molecule has 158 valence electrons. The number of carbonyl (C=O) groups excluding carboxylic acids is 1. The number of hydrogen-bond acceptors (Lipinski definition) is 7. The summed E-state index contributed by atoms with van der Waals surface area (Å²) in [4.78, 5) is 12.4. The van der Waals surface area contributed by atoms with Gasteiger partial charge in [-0.15, -0.1) is 0 Å². The fourth-order valence-corrected chi connectivity index (χ4v) is 3.47. The van der Waals surface area contributed by atoms with Gasteiger partial charge in [-0.1, -0.05) is 5.16 Å². The van der Waals surface area contributed by atoms with E-state index in [1.807, 2.05) is 0 Å². The Balaban J connectivity index is 1.60. The molecular formula is C20H21N3O6S. The van der Waals surface area contributed by atoms with Crippen LogP contribution in [0, 0.1) is 6.92 Å². The molecule has 0 bridgehead atoms. The zero-order chi connectivity index (χ0) is 21.7. The summed E-state index contributed by atoms with van der Waals surface area (Å²) in [6, 6.07) is 14.1.